The van der Waals surface area contributed by atoms with E-state index in [0.29, 0.717) is 17.1 Å². The van der Waals surface area contributed by atoms with Crippen LogP contribution in [0.15, 0.2) is 60.7 Å². The van der Waals surface area contributed by atoms with Crippen molar-refractivity contribution in [2.45, 2.75) is 20.8 Å². The van der Waals surface area contributed by atoms with Gasteiger partial charge in [-0.15, -0.1) is 0 Å². The van der Waals surface area contributed by atoms with Gasteiger partial charge < -0.3 is 5.32 Å². The molecule has 0 atom stereocenters. The van der Waals surface area contributed by atoms with Crippen LogP contribution in [-0.4, -0.2) is 20.7 Å². The molecule has 0 radical (unpaired) electrons. The highest BCUT2D eigenvalue weighted by Gasteiger charge is 2.20. The van der Waals surface area contributed by atoms with Crippen molar-refractivity contribution in [2.24, 2.45) is 0 Å². The number of carbonyl (C=O) groups is 1. The van der Waals surface area contributed by atoms with E-state index in [9.17, 15) is 4.79 Å². The van der Waals surface area contributed by atoms with Gasteiger partial charge in [0.05, 0.1) is 28.2 Å². The number of amides is 1. The lowest BCUT2D eigenvalue weighted by Crippen LogP contribution is -2.15. The van der Waals surface area contributed by atoms with Crippen LogP contribution in [0.1, 0.15) is 27.3 Å². The van der Waals surface area contributed by atoms with Gasteiger partial charge in [-0.25, -0.2) is 9.67 Å². The van der Waals surface area contributed by atoms with Gasteiger partial charge in [-0.2, -0.15) is 5.10 Å². The van der Waals surface area contributed by atoms with Gasteiger partial charge in [-0.3, -0.25) is 4.79 Å². The van der Waals surface area contributed by atoms with E-state index in [-0.39, 0.29) is 5.91 Å². The number of carbonyl (C=O) groups excluding carboxylic acids is 1. The van der Waals surface area contributed by atoms with Crippen LogP contribution in [0.4, 0.5) is 5.82 Å². The number of rotatable bonds is 3. The second-order valence-corrected chi connectivity index (χ2v) is 6.59. The molecule has 1 N–H and O–H groups in total. The van der Waals surface area contributed by atoms with Crippen LogP contribution >= 0.6 is 0 Å². The zero-order valence-corrected chi connectivity index (χ0v) is 15.5. The Kier molecular flexibility index (Phi) is 4.20. The van der Waals surface area contributed by atoms with Crippen molar-refractivity contribution >= 4 is 22.6 Å². The van der Waals surface area contributed by atoms with Crippen LogP contribution in [0.3, 0.4) is 0 Å². The molecular weight excluding hydrogens is 336 g/mol. The Labute approximate surface area is 157 Å². The summed E-state index contributed by atoms with van der Waals surface area (Å²) in [7, 11) is 0. The third-order valence-corrected chi connectivity index (χ3v) is 4.70. The Morgan fingerprint density at radius 1 is 0.926 bits per heavy atom. The van der Waals surface area contributed by atoms with E-state index in [4.69, 9.17) is 0 Å². The lowest BCUT2D eigenvalue weighted by atomic mass is 10.1. The van der Waals surface area contributed by atoms with Crippen LogP contribution in [0.25, 0.3) is 16.6 Å². The largest absolute Gasteiger partial charge is 0.306 e. The van der Waals surface area contributed by atoms with Gasteiger partial charge in [0.25, 0.3) is 5.91 Å². The van der Waals surface area contributed by atoms with Crippen molar-refractivity contribution in [3.05, 3.63) is 83.2 Å². The molecule has 2 aromatic carbocycles. The fourth-order valence-electron chi connectivity index (χ4n) is 3.32. The van der Waals surface area contributed by atoms with Gasteiger partial charge in [0.1, 0.15) is 5.82 Å². The zero-order valence-electron chi connectivity index (χ0n) is 15.5. The maximum absolute atomic E-state index is 12.9. The van der Waals surface area contributed by atoms with E-state index in [0.717, 1.165) is 27.8 Å². The molecule has 0 aliphatic rings. The van der Waals surface area contributed by atoms with Crippen LogP contribution in [0.2, 0.25) is 0 Å². The molecule has 0 unspecified atom stereocenters. The molecular formula is C22H20N4O. The minimum absolute atomic E-state index is 0.201. The SMILES string of the molecule is Cc1ccccc1-n1nc(C)c(C(=O)Nc2ccc3ccccc3n2)c1C. The molecule has 134 valence electrons. The average Bonchev–Trinajstić information content (AvgIpc) is 2.96. The quantitative estimate of drug-likeness (QED) is 0.584. The summed E-state index contributed by atoms with van der Waals surface area (Å²) < 4.78 is 1.83. The molecule has 0 fully saturated rings. The molecule has 0 bridgehead atoms. The number of aryl methyl sites for hydroxylation is 2. The van der Waals surface area contributed by atoms with Crippen molar-refractivity contribution in [3.8, 4) is 5.69 Å². The number of hydrogen-bond acceptors (Lipinski definition) is 3. The number of nitrogens with one attached hydrogen (secondary N) is 1. The summed E-state index contributed by atoms with van der Waals surface area (Å²) in [4.78, 5) is 17.4. The number of anilines is 1. The lowest BCUT2D eigenvalue weighted by Gasteiger charge is -2.09. The molecule has 2 heterocycles. The summed E-state index contributed by atoms with van der Waals surface area (Å²) in [6.07, 6.45) is 0. The number of aromatic nitrogens is 3. The van der Waals surface area contributed by atoms with Crippen molar-refractivity contribution in [3.63, 3.8) is 0 Å². The van der Waals surface area contributed by atoms with Crippen molar-refractivity contribution in [1.82, 2.24) is 14.8 Å². The van der Waals surface area contributed by atoms with Crippen LogP contribution in [0, 0.1) is 20.8 Å². The molecule has 0 aliphatic heterocycles. The summed E-state index contributed by atoms with van der Waals surface area (Å²) in [5.41, 5.74) is 4.99. The molecule has 0 saturated heterocycles. The maximum Gasteiger partial charge on any atom is 0.260 e. The standard InChI is InChI=1S/C22H20N4O/c1-14-8-4-7-11-19(14)26-16(3)21(15(2)25-26)22(27)24-20-13-12-17-9-5-6-10-18(17)23-20/h4-13H,1-3H3,(H,23,24,27). The molecule has 4 rings (SSSR count). The summed E-state index contributed by atoms with van der Waals surface area (Å²) in [5.74, 6) is 0.328. The zero-order chi connectivity index (χ0) is 19.0. The van der Waals surface area contributed by atoms with E-state index in [1.54, 1.807) is 0 Å². The van der Waals surface area contributed by atoms with Gasteiger partial charge in [0, 0.05) is 5.39 Å². The number of nitrogens with zero attached hydrogens (tertiary/aromatic N) is 3. The summed E-state index contributed by atoms with van der Waals surface area (Å²) >= 11 is 0. The van der Waals surface area contributed by atoms with Crippen molar-refractivity contribution in [1.29, 1.82) is 0 Å². The Morgan fingerprint density at radius 2 is 1.67 bits per heavy atom. The van der Waals surface area contributed by atoms with Gasteiger partial charge in [-0.05, 0) is 50.6 Å². The average molecular weight is 356 g/mol. The molecule has 5 heteroatoms. The van der Waals surface area contributed by atoms with E-state index in [2.05, 4.69) is 15.4 Å². The van der Waals surface area contributed by atoms with E-state index < -0.39 is 0 Å². The van der Waals surface area contributed by atoms with Gasteiger partial charge >= 0.3 is 0 Å². The first-order valence-corrected chi connectivity index (χ1v) is 8.84. The first-order chi connectivity index (χ1) is 13.0. The second-order valence-electron chi connectivity index (χ2n) is 6.59. The van der Waals surface area contributed by atoms with Crippen molar-refractivity contribution in [2.75, 3.05) is 5.32 Å². The minimum atomic E-state index is -0.201. The predicted octanol–water partition coefficient (Wildman–Crippen LogP) is 4.60. The number of fused-ring (bicyclic) bond motifs is 1. The minimum Gasteiger partial charge on any atom is -0.306 e. The molecule has 0 aliphatic carbocycles. The first-order valence-electron chi connectivity index (χ1n) is 8.84. The summed E-state index contributed by atoms with van der Waals surface area (Å²) in [6, 6.07) is 19.6. The molecule has 0 spiro atoms. The number of pyridine rings is 1. The van der Waals surface area contributed by atoms with Crippen LogP contribution in [0.5, 0.6) is 0 Å². The van der Waals surface area contributed by atoms with Gasteiger partial charge in [0.15, 0.2) is 0 Å². The monoisotopic (exact) mass is 356 g/mol. The third-order valence-electron chi connectivity index (χ3n) is 4.70. The smallest absolute Gasteiger partial charge is 0.260 e. The Hall–Kier alpha value is -3.47. The summed E-state index contributed by atoms with van der Waals surface area (Å²) in [5, 5.41) is 8.53. The molecule has 27 heavy (non-hydrogen) atoms. The predicted molar refractivity (Wildman–Crippen MR) is 107 cm³/mol. The second kappa shape index (κ2) is 6.68. The van der Waals surface area contributed by atoms with Gasteiger partial charge in [0.2, 0.25) is 0 Å². The number of benzene rings is 2. The first kappa shape index (κ1) is 17.0. The fraction of sp³-hybridized carbons (Fsp3) is 0.136. The van der Waals surface area contributed by atoms with E-state index in [1.807, 2.05) is 86.1 Å². The highest BCUT2D eigenvalue weighted by molar-refractivity contribution is 6.05. The van der Waals surface area contributed by atoms with E-state index in [1.165, 1.54) is 0 Å². The molecule has 2 aromatic heterocycles. The molecule has 5 nitrogen and oxygen atoms in total. The number of hydrogen-bond donors (Lipinski definition) is 1. The lowest BCUT2D eigenvalue weighted by molar-refractivity contribution is 0.102. The number of para-hydroxylation sites is 2. The Morgan fingerprint density at radius 3 is 2.48 bits per heavy atom. The van der Waals surface area contributed by atoms with Crippen LogP contribution in [-0.2, 0) is 0 Å². The van der Waals surface area contributed by atoms with Crippen LogP contribution < -0.4 is 5.32 Å². The molecule has 4 aromatic rings. The Balaban J connectivity index is 1.68. The Bertz CT molecular complexity index is 1160. The maximum atomic E-state index is 12.9. The summed E-state index contributed by atoms with van der Waals surface area (Å²) in [6.45, 7) is 5.80. The molecule has 0 saturated carbocycles. The normalized spacial score (nSPS) is 10.9. The highest BCUT2D eigenvalue weighted by atomic mass is 16.1. The van der Waals surface area contributed by atoms with E-state index >= 15 is 0 Å². The topological polar surface area (TPSA) is 59.8 Å². The van der Waals surface area contributed by atoms with Crippen molar-refractivity contribution < 1.29 is 4.79 Å². The highest BCUT2D eigenvalue weighted by Crippen LogP contribution is 2.22. The molecule has 1 amide bonds. The fourth-order valence-corrected chi connectivity index (χ4v) is 3.32. The third kappa shape index (κ3) is 3.08. The van der Waals surface area contributed by atoms with Gasteiger partial charge in [-0.1, -0.05) is 36.4 Å².